The molecular formula is C20H25N3O2. The second kappa shape index (κ2) is 7.66. The Labute approximate surface area is 148 Å². The zero-order chi connectivity index (χ0) is 17.8. The van der Waals surface area contributed by atoms with Crippen LogP contribution in [0, 0.1) is 6.92 Å². The third-order valence-corrected chi connectivity index (χ3v) is 4.85. The van der Waals surface area contributed by atoms with Gasteiger partial charge in [0, 0.05) is 25.3 Å². The molecule has 1 aliphatic heterocycles. The molecule has 5 nitrogen and oxygen atoms in total. The molecule has 1 atom stereocenters. The zero-order valence-corrected chi connectivity index (χ0v) is 14.6. The molecule has 2 heterocycles. The first-order valence-corrected chi connectivity index (χ1v) is 8.86. The van der Waals surface area contributed by atoms with Crippen molar-refractivity contribution in [3.63, 3.8) is 0 Å². The predicted molar refractivity (Wildman–Crippen MR) is 98.7 cm³/mol. The summed E-state index contributed by atoms with van der Waals surface area (Å²) in [4.78, 5) is 27.5. The third-order valence-electron chi connectivity index (χ3n) is 4.85. The normalized spacial score (nSPS) is 17.5. The second-order valence-corrected chi connectivity index (χ2v) is 6.73. The summed E-state index contributed by atoms with van der Waals surface area (Å²) in [5.74, 6) is -0.196. The Hall–Kier alpha value is -2.40. The van der Waals surface area contributed by atoms with Crippen molar-refractivity contribution in [2.45, 2.75) is 38.8 Å². The fraction of sp³-hybridized carbons (Fsp3) is 0.400. The van der Waals surface area contributed by atoms with Gasteiger partial charge in [0.1, 0.15) is 5.56 Å². The molecule has 0 aliphatic carbocycles. The van der Waals surface area contributed by atoms with Crippen molar-refractivity contribution in [1.29, 1.82) is 0 Å². The number of benzene rings is 1. The van der Waals surface area contributed by atoms with Gasteiger partial charge in [-0.3, -0.25) is 9.59 Å². The van der Waals surface area contributed by atoms with Crippen LogP contribution in [0.2, 0.25) is 0 Å². The molecule has 0 saturated carbocycles. The number of hydrogen-bond donors (Lipinski definition) is 1. The van der Waals surface area contributed by atoms with Gasteiger partial charge in [-0.25, -0.2) is 0 Å². The van der Waals surface area contributed by atoms with E-state index in [4.69, 9.17) is 5.73 Å². The topological polar surface area (TPSA) is 68.3 Å². The molecule has 1 aliphatic rings. The molecule has 0 bridgehead atoms. The van der Waals surface area contributed by atoms with Gasteiger partial charge in [0.2, 0.25) is 0 Å². The SMILES string of the molecule is Cc1cccc(Cn2cccc(C(=O)N3CCCC[C@H]3CN)c2=O)c1. The van der Waals surface area contributed by atoms with E-state index in [1.54, 1.807) is 27.8 Å². The molecule has 132 valence electrons. The van der Waals surface area contributed by atoms with Crippen LogP contribution < -0.4 is 11.3 Å². The Morgan fingerprint density at radius 2 is 2.08 bits per heavy atom. The van der Waals surface area contributed by atoms with Crippen LogP contribution in [-0.4, -0.2) is 34.5 Å². The highest BCUT2D eigenvalue weighted by Crippen LogP contribution is 2.18. The largest absolute Gasteiger partial charge is 0.334 e. The van der Waals surface area contributed by atoms with Gasteiger partial charge in [-0.15, -0.1) is 0 Å². The van der Waals surface area contributed by atoms with Crippen LogP contribution in [0.5, 0.6) is 0 Å². The Kier molecular flexibility index (Phi) is 5.34. The van der Waals surface area contributed by atoms with Gasteiger partial charge in [0.25, 0.3) is 11.5 Å². The van der Waals surface area contributed by atoms with Crippen molar-refractivity contribution in [3.8, 4) is 0 Å². The molecule has 3 rings (SSSR count). The Balaban J connectivity index is 1.88. The maximum atomic E-state index is 12.9. The van der Waals surface area contributed by atoms with Crippen LogP contribution >= 0.6 is 0 Å². The van der Waals surface area contributed by atoms with Gasteiger partial charge >= 0.3 is 0 Å². The number of hydrogen-bond acceptors (Lipinski definition) is 3. The first-order valence-electron chi connectivity index (χ1n) is 8.86. The minimum atomic E-state index is -0.240. The van der Waals surface area contributed by atoms with Crippen molar-refractivity contribution in [2.75, 3.05) is 13.1 Å². The summed E-state index contributed by atoms with van der Waals surface area (Å²) in [6.07, 6.45) is 4.69. The van der Waals surface area contributed by atoms with E-state index in [1.165, 1.54) is 0 Å². The number of rotatable bonds is 4. The molecule has 1 amide bonds. The monoisotopic (exact) mass is 339 g/mol. The first-order chi connectivity index (χ1) is 12.1. The molecule has 2 aromatic rings. The van der Waals surface area contributed by atoms with Crippen molar-refractivity contribution in [3.05, 3.63) is 69.6 Å². The van der Waals surface area contributed by atoms with Gasteiger partial charge in [0.15, 0.2) is 0 Å². The molecule has 0 spiro atoms. The average Bonchev–Trinajstić information content (AvgIpc) is 2.63. The quantitative estimate of drug-likeness (QED) is 0.928. The number of pyridine rings is 1. The molecule has 1 saturated heterocycles. The molecule has 25 heavy (non-hydrogen) atoms. The van der Waals surface area contributed by atoms with E-state index in [0.29, 0.717) is 19.6 Å². The smallest absolute Gasteiger partial charge is 0.263 e. The maximum Gasteiger partial charge on any atom is 0.263 e. The number of carbonyl (C=O) groups excluding carboxylic acids is 1. The van der Waals surface area contributed by atoms with Crippen LogP contribution in [-0.2, 0) is 6.54 Å². The lowest BCUT2D eigenvalue weighted by Gasteiger charge is -2.35. The summed E-state index contributed by atoms with van der Waals surface area (Å²) < 4.78 is 1.60. The lowest BCUT2D eigenvalue weighted by Crippen LogP contribution is -2.49. The molecule has 0 radical (unpaired) electrons. The van der Waals surface area contributed by atoms with Crippen LogP contribution in [0.3, 0.4) is 0 Å². The third kappa shape index (κ3) is 3.82. The number of amides is 1. The van der Waals surface area contributed by atoms with Crippen LogP contribution in [0.1, 0.15) is 40.7 Å². The molecule has 1 aromatic heterocycles. The minimum Gasteiger partial charge on any atom is -0.334 e. The molecule has 2 N–H and O–H groups in total. The van der Waals surface area contributed by atoms with E-state index >= 15 is 0 Å². The molecule has 1 fully saturated rings. The highest BCUT2D eigenvalue weighted by Gasteiger charge is 2.28. The predicted octanol–water partition coefficient (Wildman–Crippen LogP) is 2.16. The lowest BCUT2D eigenvalue weighted by molar-refractivity contribution is 0.0621. The molecule has 5 heteroatoms. The Morgan fingerprint density at radius 3 is 2.84 bits per heavy atom. The summed E-state index contributed by atoms with van der Waals surface area (Å²) >= 11 is 0. The Morgan fingerprint density at radius 1 is 1.24 bits per heavy atom. The van der Waals surface area contributed by atoms with E-state index in [1.807, 2.05) is 25.1 Å². The number of likely N-dealkylation sites (tertiary alicyclic amines) is 1. The summed E-state index contributed by atoms with van der Waals surface area (Å²) in [6, 6.07) is 11.5. The maximum absolute atomic E-state index is 12.9. The molecule has 0 unspecified atom stereocenters. The Bertz CT molecular complexity index is 813. The van der Waals surface area contributed by atoms with Gasteiger partial charge in [0.05, 0.1) is 6.54 Å². The number of carbonyl (C=O) groups is 1. The van der Waals surface area contributed by atoms with Crippen LogP contribution in [0.25, 0.3) is 0 Å². The van der Waals surface area contributed by atoms with Crippen molar-refractivity contribution in [1.82, 2.24) is 9.47 Å². The van der Waals surface area contributed by atoms with Crippen LogP contribution in [0.15, 0.2) is 47.4 Å². The van der Waals surface area contributed by atoms with Gasteiger partial charge in [-0.2, -0.15) is 0 Å². The number of nitrogens with two attached hydrogens (primary N) is 1. The molecular weight excluding hydrogens is 314 g/mol. The standard InChI is InChI=1S/C20H25N3O2/c1-15-6-4-7-16(12-15)14-22-10-5-9-18(19(22)24)20(25)23-11-3-2-8-17(23)13-21/h4-7,9-10,12,17H,2-3,8,11,13-14,21H2,1H3/t17-/m0/s1. The van der Waals surface area contributed by atoms with Crippen molar-refractivity contribution < 1.29 is 4.79 Å². The van der Waals surface area contributed by atoms with Gasteiger partial charge in [-0.1, -0.05) is 29.8 Å². The highest BCUT2D eigenvalue weighted by molar-refractivity contribution is 5.94. The average molecular weight is 339 g/mol. The van der Waals surface area contributed by atoms with Crippen molar-refractivity contribution >= 4 is 5.91 Å². The fourth-order valence-corrected chi connectivity index (χ4v) is 3.50. The summed E-state index contributed by atoms with van der Waals surface area (Å²) in [5.41, 5.74) is 8.00. The minimum absolute atomic E-state index is 0.0334. The number of nitrogens with zero attached hydrogens (tertiary/aromatic N) is 2. The fourth-order valence-electron chi connectivity index (χ4n) is 3.50. The van der Waals surface area contributed by atoms with E-state index in [9.17, 15) is 9.59 Å². The number of aromatic nitrogens is 1. The van der Waals surface area contributed by atoms with E-state index in [0.717, 1.165) is 30.4 Å². The van der Waals surface area contributed by atoms with E-state index in [2.05, 4.69) is 6.07 Å². The highest BCUT2D eigenvalue weighted by atomic mass is 16.2. The summed E-state index contributed by atoms with van der Waals surface area (Å²) in [7, 11) is 0. The van der Waals surface area contributed by atoms with Gasteiger partial charge in [-0.05, 0) is 43.9 Å². The van der Waals surface area contributed by atoms with E-state index in [-0.39, 0.29) is 23.1 Å². The van der Waals surface area contributed by atoms with Gasteiger partial charge < -0.3 is 15.2 Å². The first kappa shape index (κ1) is 17.4. The molecule has 1 aromatic carbocycles. The number of aryl methyl sites for hydroxylation is 1. The zero-order valence-electron chi connectivity index (χ0n) is 14.6. The number of piperidine rings is 1. The van der Waals surface area contributed by atoms with E-state index < -0.39 is 0 Å². The summed E-state index contributed by atoms with van der Waals surface area (Å²) in [6.45, 7) is 3.60. The van der Waals surface area contributed by atoms with Crippen molar-refractivity contribution in [2.24, 2.45) is 5.73 Å². The second-order valence-electron chi connectivity index (χ2n) is 6.73. The van der Waals surface area contributed by atoms with Crippen LogP contribution in [0.4, 0.5) is 0 Å². The lowest BCUT2D eigenvalue weighted by atomic mass is 10.0. The summed E-state index contributed by atoms with van der Waals surface area (Å²) in [5, 5.41) is 0.